The van der Waals surface area contributed by atoms with E-state index in [2.05, 4.69) is 9.88 Å². The molecule has 2 aliphatic rings. The minimum absolute atomic E-state index is 0.00107. The maximum atomic E-state index is 12.2. The fourth-order valence-corrected chi connectivity index (χ4v) is 4.24. The molecule has 0 bridgehead atoms. The SMILES string of the molecule is Cc1csc2nc(CN3CCCC4(C3)OCCO4)cc(=O)n12. The Morgan fingerprint density at radius 1 is 1.41 bits per heavy atom. The van der Waals surface area contributed by atoms with Gasteiger partial charge in [0.15, 0.2) is 10.7 Å². The van der Waals surface area contributed by atoms with Crippen LogP contribution in [0.3, 0.4) is 0 Å². The van der Waals surface area contributed by atoms with Gasteiger partial charge in [0.05, 0.1) is 25.5 Å². The van der Waals surface area contributed by atoms with Gasteiger partial charge in [-0.2, -0.15) is 0 Å². The molecule has 6 nitrogen and oxygen atoms in total. The number of rotatable bonds is 2. The van der Waals surface area contributed by atoms with Crippen LogP contribution in [0.5, 0.6) is 0 Å². The lowest BCUT2D eigenvalue weighted by molar-refractivity contribution is -0.190. The van der Waals surface area contributed by atoms with Crippen molar-refractivity contribution < 1.29 is 9.47 Å². The summed E-state index contributed by atoms with van der Waals surface area (Å²) in [5.74, 6) is -0.434. The first-order valence-electron chi connectivity index (χ1n) is 7.62. The van der Waals surface area contributed by atoms with Crippen LogP contribution in [0.25, 0.3) is 4.96 Å². The standard InChI is InChI=1S/C15H19N3O3S/c1-11-9-22-14-16-12(7-13(19)18(11)14)8-17-4-2-3-15(10-17)20-5-6-21-15/h7,9H,2-6,8,10H2,1H3. The van der Waals surface area contributed by atoms with Crippen molar-refractivity contribution in [1.82, 2.24) is 14.3 Å². The lowest BCUT2D eigenvalue weighted by atomic mass is 10.0. The third kappa shape index (κ3) is 2.48. The summed E-state index contributed by atoms with van der Waals surface area (Å²) in [6.07, 6.45) is 1.99. The molecule has 0 unspecified atom stereocenters. The van der Waals surface area contributed by atoms with Crippen molar-refractivity contribution in [1.29, 1.82) is 0 Å². The Kier molecular flexibility index (Phi) is 3.53. The Balaban J connectivity index is 1.57. The Morgan fingerprint density at radius 3 is 3.05 bits per heavy atom. The van der Waals surface area contributed by atoms with Crippen LogP contribution >= 0.6 is 11.3 Å². The van der Waals surface area contributed by atoms with Gasteiger partial charge in [-0.3, -0.25) is 14.1 Å². The number of likely N-dealkylation sites (tertiary alicyclic amines) is 1. The molecule has 4 heterocycles. The molecule has 22 heavy (non-hydrogen) atoms. The van der Waals surface area contributed by atoms with Gasteiger partial charge >= 0.3 is 0 Å². The molecule has 2 aromatic rings. The maximum Gasteiger partial charge on any atom is 0.259 e. The van der Waals surface area contributed by atoms with E-state index in [-0.39, 0.29) is 5.56 Å². The van der Waals surface area contributed by atoms with Crippen LogP contribution in [0.4, 0.5) is 0 Å². The van der Waals surface area contributed by atoms with Crippen molar-refractivity contribution in [2.75, 3.05) is 26.3 Å². The smallest absolute Gasteiger partial charge is 0.259 e. The fourth-order valence-electron chi connectivity index (χ4n) is 3.35. The van der Waals surface area contributed by atoms with Gasteiger partial charge in [0.25, 0.3) is 5.56 Å². The van der Waals surface area contributed by atoms with E-state index in [0.29, 0.717) is 19.8 Å². The van der Waals surface area contributed by atoms with E-state index in [1.54, 1.807) is 10.5 Å². The number of aryl methyl sites for hydroxylation is 1. The first kappa shape index (κ1) is 14.3. The molecule has 0 radical (unpaired) electrons. The van der Waals surface area contributed by atoms with Gasteiger partial charge in [-0.25, -0.2) is 4.98 Å². The summed E-state index contributed by atoms with van der Waals surface area (Å²) in [4.78, 5) is 19.9. The molecular formula is C15H19N3O3S. The monoisotopic (exact) mass is 321 g/mol. The second-order valence-corrected chi connectivity index (χ2v) is 6.84. The average Bonchev–Trinajstić information content (AvgIpc) is 3.07. The molecule has 7 heteroatoms. The summed E-state index contributed by atoms with van der Waals surface area (Å²) >= 11 is 1.51. The number of ether oxygens (including phenoxy) is 2. The molecule has 0 aromatic carbocycles. The van der Waals surface area contributed by atoms with E-state index in [0.717, 1.165) is 42.3 Å². The van der Waals surface area contributed by atoms with Crippen molar-refractivity contribution in [2.45, 2.75) is 32.1 Å². The van der Waals surface area contributed by atoms with E-state index in [1.165, 1.54) is 11.3 Å². The predicted octanol–water partition coefficient (Wildman–Crippen LogP) is 1.40. The van der Waals surface area contributed by atoms with Crippen LogP contribution < -0.4 is 5.56 Å². The van der Waals surface area contributed by atoms with Crippen LogP contribution in [0.15, 0.2) is 16.2 Å². The molecule has 118 valence electrons. The number of aromatic nitrogens is 2. The second-order valence-electron chi connectivity index (χ2n) is 6.00. The van der Waals surface area contributed by atoms with Gasteiger partial charge in [0, 0.05) is 30.1 Å². The van der Waals surface area contributed by atoms with E-state index in [1.807, 2.05) is 12.3 Å². The molecule has 0 atom stereocenters. The van der Waals surface area contributed by atoms with Crippen molar-refractivity contribution in [3.63, 3.8) is 0 Å². The van der Waals surface area contributed by atoms with Gasteiger partial charge < -0.3 is 9.47 Å². The van der Waals surface area contributed by atoms with E-state index < -0.39 is 5.79 Å². The Morgan fingerprint density at radius 2 is 2.23 bits per heavy atom. The molecule has 0 saturated carbocycles. The lowest BCUT2D eigenvalue weighted by Crippen LogP contribution is -2.48. The van der Waals surface area contributed by atoms with Crippen LogP contribution in [-0.2, 0) is 16.0 Å². The number of thiazole rings is 1. The Hall–Kier alpha value is -1.28. The van der Waals surface area contributed by atoms with Gasteiger partial charge in [-0.1, -0.05) is 0 Å². The number of fused-ring (bicyclic) bond motifs is 1. The highest BCUT2D eigenvalue weighted by molar-refractivity contribution is 7.15. The number of hydrogen-bond acceptors (Lipinski definition) is 6. The third-order valence-corrected chi connectivity index (χ3v) is 5.27. The molecule has 2 saturated heterocycles. The highest BCUT2D eigenvalue weighted by atomic mass is 32.1. The maximum absolute atomic E-state index is 12.2. The third-order valence-electron chi connectivity index (χ3n) is 4.32. The second kappa shape index (κ2) is 5.42. The Bertz CT molecular complexity index is 748. The van der Waals surface area contributed by atoms with Crippen molar-refractivity contribution in [3.8, 4) is 0 Å². The zero-order valence-electron chi connectivity index (χ0n) is 12.6. The number of piperidine rings is 1. The first-order valence-corrected chi connectivity index (χ1v) is 8.50. The zero-order chi connectivity index (χ0) is 15.2. The summed E-state index contributed by atoms with van der Waals surface area (Å²) in [5, 5.41) is 1.96. The first-order chi connectivity index (χ1) is 10.7. The predicted molar refractivity (Wildman–Crippen MR) is 83.2 cm³/mol. The van der Waals surface area contributed by atoms with Crippen LogP contribution in [0.2, 0.25) is 0 Å². The van der Waals surface area contributed by atoms with Gasteiger partial charge in [0.1, 0.15) is 0 Å². The van der Waals surface area contributed by atoms with E-state index in [4.69, 9.17) is 9.47 Å². The molecule has 2 aliphatic heterocycles. The lowest BCUT2D eigenvalue weighted by Gasteiger charge is -2.38. The largest absolute Gasteiger partial charge is 0.346 e. The fraction of sp³-hybridized carbons (Fsp3) is 0.600. The van der Waals surface area contributed by atoms with Gasteiger partial charge in [-0.15, -0.1) is 11.3 Å². The molecular weight excluding hydrogens is 302 g/mol. The summed E-state index contributed by atoms with van der Waals surface area (Å²) in [7, 11) is 0. The molecule has 0 N–H and O–H groups in total. The number of hydrogen-bond donors (Lipinski definition) is 0. The minimum Gasteiger partial charge on any atom is -0.346 e. The molecule has 0 amide bonds. The van der Waals surface area contributed by atoms with Crippen molar-refractivity contribution in [3.05, 3.63) is 33.2 Å². The summed E-state index contributed by atoms with van der Waals surface area (Å²) in [5.41, 5.74) is 1.76. The topological polar surface area (TPSA) is 56.1 Å². The van der Waals surface area contributed by atoms with Crippen molar-refractivity contribution in [2.24, 2.45) is 0 Å². The zero-order valence-corrected chi connectivity index (χ0v) is 13.4. The molecule has 2 aromatic heterocycles. The summed E-state index contributed by atoms with van der Waals surface area (Å²) in [6.45, 7) is 5.67. The van der Waals surface area contributed by atoms with Crippen LogP contribution in [0, 0.1) is 6.92 Å². The molecule has 0 aliphatic carbocycles. The Labute approximate surface area is 132 Å². The van der Waals surface area contributed by atoms with Crippen molar-refractivity contribution >= 4 is 16.3 Å². The number of nitrogens with zero attached hydrogens (tertiary/aromatic N) is 3. The van der Waals surface area contributed by atoms with Crippen LogP contribution in [0.1, 0.15) is 24.2 Å². The van der Waals surface area contributed by atoms with Crippen LogP contribution in [-0.4, -0.2) is 46.4 Å². The van der Waals surface area contributed by atoms with E-state index >= 15 is 0 Å². The van der Waals surface area contributed by atoms with E-state index in [9.17, 15) is 4.79 Å². The average molecular weight is 321 g/mol. The minimum atomic E-state index is -0.434. The van der Waals surface area contributed by atoms with Gasteiger partial charge in [-0.05, 0) is 19.9 Å². The normalized spacial score (nSPS) is 21.9. The quantitative estimate of drug-likeness (QED) is 0.837. The summed E-state index contributed by atoms with van der Waals surface area (Å²) in [6, 6.07) is 1.64. The highest BCUT2D eigenvalue weighted by Crippen LogP contribution is 2.30. The molecule has 1 spiro atoms. The summed E-state index contributed by atoms with van der Waals surface area (Å²) < 4.78 is 13.3. The van der Waals surface area contributed by atoms with Gasteiger partial charge in [0.2, 0.25) is 0 Å². The molecule has 4 rings (SSSR count). The highest BCUT2D eigenvalue weighted by Gasteiger charge is 2.40. The molecule has 2 fully saturated rings.